The first-order valence-corrected chi connectivity index (χ1v) is 12.8. The van der Waals surface area contributed by atoms with Gasteiger partial charge in [-0.3, -0.25) is 9.80 Å². The molecule has 0 radical (unpaired) electrons. The molecule has 0 bridgehead atoms. The molecule has 5 heteroatoms. The van der Waals surface area contributed by atoms with Gasteiger partial charge in [0.05, 0.1) is 0 Å². The lowest BCUT2D eigenvalue weighted by Gasteiger charge is -2.60. The van der Waals surface area contributed by atoms with E-state index in [0.29, 0.717) is 30.6 Å². The van der Waals surface area contributed by atoms with Gasteiger partial charge in [0.15, 0.2) is 11.5 Å². The van der Waals surface area contributed by atoms with E-state index in [1.54, 1.807) is 0 Å². The molecule has 3 fully saturated rings. The minimum absolute atomic E-state index is 0.449. The number of nitrogens with one attached hydrogen (secondary N) is 1. The smallest absolute Gasteiger partial charge is 0.165 e. The van der Waals surface area contributed by atoms with Gasteiger partial charge in [-0.25, -0.2) is 0 Å². The van der Waals surface area contributed by atoms with Crippen molar-refractivity contribution in [1.82, 2.24) is 15.1 Å². The molecular formula is C28H37N3O2. The van der Waals surface area contributed by atoms with Crippen LogP contribution < -0.4 is 14.8 Å². The summed E-state index contributed by atoms with van der Waals surface area (Å²) < 4.78 is 11.9. The molecule has 6 rings (SSSR count). The van der Waals surface area contributed by atoms with Crippen molar-refractivity contribution in [1.29, 1.82) is 0 Å². The summed E-state index contributed by atoms with van der Waals surface area (Å²) in [7, 11) is 0. The van der Waals surface area contributed by atoms with E-state index >= 15 is 0 Å². The molecule has 4 aliphatic rings. The number of ether oxygens (including phenoxy) is 2. The third-order valence-corrected chi connectivity index (χ3v) is 8.33. The van der Waals surface area contributed by atoms with E-state index in [1.165, 1.54) is 42.6 Å². The average Bonchev–Trinajstić information content (AvgIpc) is 2.78. The highest BCUT2D eigenvalue weighted by atomic mass is 16.6. The zero-order valence-electron chi connectivity index (χ0n) is 20.1. The highest BCUT2D eigenvalue weighted by Gasteiger charge is 2.52. The predicted molar refractivity (Wildman–Crippen MR) is 131 cm³/mol. The molecule has 1 aliphatic carbocycles. The summed E-state index contributed by atoms with van der Waals surface area (Å²) in [6.07, 6.45) is 2.72. The summed E-state index contributed by atoms with van der Waals surface area (Å²) in [5.41, 5.74) is 4.88. The Kier molecular flexibility index (Phi) is 5.60. The Morgan fingerprint density at radius 1 is 1.00 bits per heavy atom. The molecule has 3 aliphatic heterocycles. The quantitative estimate of drug-likeness (QED) is 0.744. The Balaban J connectivity index is 1.26. The first kappa shape index (κ1) is 21.5. The van der Waals surface area contributed by atoms with Gasteiger partial charge in [0.1, 0.15) is 13.2 Å². The van der Waals surface area contributed by atoms with Gasteiger partial charge in [0.2, 0.25) is 0 Å². The summed E-state index contributed by atoms with van der Waals surface area (Å²) in [4.78, 5) is 5.48. The van der Waals surface area contributed by atoms with Crippen molar-refractivity contribution in [3.05, 3.63) is 59.2 Å². The van der Waals surface area contributed by atoms with Gasteiger partial charge in [0.25, 0.3) is 0 Å². The fourth-order valence-corrected chi connectivity index (χ4v) is 6.49. The van der Waals surface area contributed by atoms with Gasteiger partial charge in [-0.2, -0.15) is 0 Å². The standard InChI is InChI=1S/C28H37N3O2/c1-20(2)23-7-3-4-8-24(23)25-17-30(10-11-31(25)22-14-28(15-22)18-29-19-28)16-21-6-5-9-26-27(21)33-13-12-32-26/h3-9,20,22,25,29H,10-19H2,1-2H3/t25-/m0/s1. The minimum atomic E-state index is 0.449. The molecule has 2 aromatic rings. The van der Waals surface area contributed by atoms with E-state index in [4.69, 9.17) is 9.47 Å². The molecule has 176 valence electrons. The largest absolute Gasteiger partial charge is 0.486 e. The number of hydrogen-bond acceptors (Lipinski definition) is 5. The van der Waals surface area contributed by atoms with Gasteiger partial charge in [-0.05, 0) is 41.4 Å². The second kappa shape index (κ2) is 8.61. The van der Waals surface area contributed by atoms with E-state index in [9.17, 15) is 0 Å². The number of fused-ring (bicyclic) bond motifs is 1. The van der Waals surface area contributed by atoms with E-state index in [0.717, 1.165) is 43.7 Å². The minimum Gasteiger partial charge on any atom is -0.486 e. The number of para-hydroxylation sites is 1. The topological polar surface area (TPSA) is 37.0 Å². The van der Waals surface area contributed by atoms with Crippen molar-refractivity contribution in [2.75, 3.05) is 45.9 Å². The van der Waals surface area contributed by atoms with Crippen LogP contribution in [0.5, 0.6) is 11.5 Å². The highest BCUT2D eigenvalue weighted by Crippen LogP contribution is 2.49. The fraction of sp³-hybridized carbons (Fsp3) is 0.571. The monoisotopic (exact) mass is 447 g/mol. The molecule has 2 saturated heterocycles. The van der Waals surface area contributed by atoms with Crippen LogP contribution in [0, 0.1) is 5.41 Å². The zero-order valence-corrected chi connectivity index (χ0v) is 20.1. The lowest BCUT2D eigenvalue weighted by Crippen LogP contribution is -2.67. The van der Waals surface area contributed by atoms with Gasteiger partial charge in [-0.1, -0.05) is 50.2 Å². The van der Waals surface area contributed by atoms with Crippen LogP contribution in [0.3, 0.4) is 0 Å². The Labute approximate surface area is 198 Å². The summed E-state index contributed by atoms with van der Waals surface area (Å²) >= 11 is 0. The molecule has 1 spiro atoms. The molecular weight excluding hydrogens is 410 g/mol. The summed E-state index contributed by atoms with van der Waals surface area (Å²) in [5, 5.41) is 3.50. The maximum absolute atomic E-state index is 6.02. The van der Waals surface area contributed by atoms with Crippen LogP contribution >= 0.6 is 0 Å². The van der Waals surface area contributed by atoms with Crippen molar-refractivity contribution < 1.29 is 9.47 Å². The first-order chi connectivity index (χ1) is 16.1. The second-order valence-corrected chi connectivity index (χ2v) is 10.9. The molecule has 0 aromatic heterocycles. The predicted octanol–water partition coefficient (Wildman–Crippen LogP) is 4.19. The maximum Gasteiger partial charge on any atom is 0.165 e. The van der Waals surface area contributed by atoms with Crippen LogP contribution in [0.15, 0.2) is 42.5 Å². The Morgan fingerprint density at radius 2 is 1.82 bits per heavy atom. The van der Waals surface area contributed by atoms with Gasteiger partial charge in [0, 0.05) is 56.9 Å². The van der Waals surface area contributed by atoms with E-state index in [-0.39, 0.29) is 0 Å². The second-order valence-electron chi connectivity index (χ2n) is 10.9. The highest BCUT2D eigenvalue weighted by molar-refractivity contribution is 5.47. The van der Waals surface area contributed by atoms with Crippen LogP contribution in [-0.4, -0.2) is 61.8 Å². The Morgan fingerprint density at radius 3 is 2.61 bits per heavy atom. The maximum atomic E-state index is 6.02. The number of piperazine rings is 1. The first-order valence-electron chi connectivity index (χ1n) is 12.8. The van der Waals surface area contributed by atoms with Gasteiger partial charge >= 0.3 is 0 Å². The summed E-state index contributed by atoms with van der Waals surface area (Å²) in [5.74, 6) is 2.38. The molecule has 1 N–H and O–H groups in total. The normalized spacial score (nSPS) is 25.1. The number of nitrogens with zero attached hydrogens (tertiary/aromatic N) is 2. The average molecular weight is 448 g/mol. The van der Waals surface area contributed by atoms with Crippen molar-refractivity contribution >= 4 is 0 Å². The van der Waals surface area contributed by atoms with E-state index < -0.39 is 0 Å². The lowest BCUT2D eigenvalue weighted by atomic mass is 9.61. The fourth-order valence-electron chi connectivity index (χ4n) is 6.49. The van der Waals surface area contributed by atoms with Crippen molar-refractivity contribution in [3.63, 3.8) is 0 Å². The van der Waals surface area contributed by atoms with Crippen LogP contribution in [0.1, 0.15) is 55.3 Å². The van der Waals surface area contributed by atoms with Crippen molar-refractivity contribution in [2.24, 2.45) is 5.41 Å². The van der Waals surface area contributed by atoms with Gasteiger partial charge in [-0.15, -0.1) is 0 Å². The van der Waals surface area contributed by atoms with Crippen LogP contribution in [0.4, 0.5) is 0 Å². The molecule has 2 aromatic carbocycles. The summed E-state index contributed by atoms with van der Waals surface area (Å²) in [6, 6.07) is 16.7. The third kappa shape index (κ3) is 3.94. The Hall–Kier alpha value is -2.08. The number of rotatable bonds is 5. The molecule has 1 atom stereocenters. The molecule has 0 amide bonds. The third-order valence-electron chi connectivity index (χ3n) is 8.33. The van der Waals surface area contributed by atoms with Crippen molar-refractivity contribution in [3.8, 4) is 11.5 Å². The SMILES string of the molecule is CC(C)c1ccccc1[C@@H]1CN(Cc2cccc3c2OCCO3)CCN1C1CC2(CNC2)C1. The molecule has 0 unspecified atom stereocenters. The zero-order chi connectivity index (χ0) is 22.4. The van der Waals surface area contributed by atoms with Crippen LogP contribution in [-0.2, 0) is 6.54 Å². The summed E-state index contributed by atoms with van der Waals surface area (Å²) in [6.45, 7) is 12.6. The lowest BCUT2D eigenvalue weighted by molar-refractivity contribution is -0.0748. The number of hydrogen-bond donors (Lipinski definition) is 1. The van der Waals surface area contributed by atoms with Crippen molar-refractivity contribution in [2.45, 2.75) is 51.2 Å². The van der Waals surface area contributed by atoms with E-state index in [1.807, 2.05) is 6.07 Å². The van der Waals surface area contributed by atoms with Crippen LogP contribution in [0.2, 0.25) is 0 Å². The Bertz CT molecular complexity index is 994. The molecule has 3 heterocycles. The van der Waals surface area contributed by atoms with Crippen LogP contribution in [0.25, 0.3) is 0 Å². The van der Waals surface area contributed by atoms with E-state index in [2.05, 4.69) is 65.4 Å². The number of benzene rings is 2. The molecule has 33 heavy (non-hydrogen) atoms. The molecule has 5 nitrogen and oxygen atoms in total. The van der Waals surface area contributed by atoms with Gasteiger partial charge < -0.3 is 14.8 Å². The molecule has 1 saturated carbocycles.